The van der Waals surface area contributed by atoms with Crippen molar-refractivity contribution in [3.63, 3.8) is 0 Å². The predicted molar refractivity (Wildman–Crippen MR) is 563 cm³/mol. The molecule has 0 fully saturated rings. The first-order chi connectivity index (χ1) is 69.5. The highest BCUT2D eigenvalue weighted by Crippen LogP contribution is 2.58. The van der Waals surface area contributed by atoms with Gasteiger partial charge in [0, 0.05) is 72.2 Å². The van der Waals surface area contributed by atoms with Crippen LogP contribution in [0.4, 0.5) is 34.1 Å². The van der Waals surface area contributed by atoms with Gasteiger partial charge in [-0.3, -0.25) is 0 Å². The largest absolute Gasteiger partial charge is 0.310 e. The molecule has 5 heteroatoms. The van der Waals surface area contributed by atoms with Gasteiger partial charge in [-0.15, -0.1) is 0 Å². The van der Waals surface area contributed by atoms with E-state index < -0.39 is 159 Å². The summed E-state index contributed by atoms with van der Waals surface area (Å²) in [6.45, 7) is 60.0. The minimum Gasteiger partial charge on any atom is -0.310 e. The number of nitrogens with zero attached hydrogens (tertiary/aromatic N) is 4. The van der Waals surface area contributed by atoms with E-state index >= 15 is 0 Å². The number of hydrogen-bond acceptors (Lipinski definition) is 2. The highest BCUT2D eigenvalue weighted by molar-refractivity contribution is 7.00. The third-order valence-electron chi connectivity index (χ3n) is 26.2. The lowest BCUT2D eigenvalue weighted by atomic mass is 9.33. The second-order valence-electron chi connectivity index (χ2n) is 46.3. The van der Waals surface area contributed by atoms with E-state index in [0.717, 1.165) is 66.3 Å². The summed E-state index contributed by atoms with van der Waals surface area (Å²) in [6, 6.07) is 35.9. The second-order valence-corrected chi connectivity index (χ2v) is 46.3. The molecule has 0 saturated heterocycles. The van der Waals surface area contributed by atoms with Crippen molar-refractivity contribution in [2.75, 3.05) is 9.80 Å². The van der Waals surface area contributed by atoms with Crippen molar-refractivity contribution < 1.29 is 30.2 Å². The lowest BCUT2D eigenvalue weighted by Gasteiger charge is -2.46. The fourth-order valence-electron chi connectivity index (χ4n) is 18.8. The molecule has 2 aliphatic heterocycles. The van der Waals surface area contributed by atoms with E-state index in [1.807, 2.05) is 110 Å². The van der Waals surface area contributed by atoms with Crippen LogP contribution in [-0.2, 0) is 54.1 Å². The van der Waals surface area contributed by atoms with Gasteiger partial charge < -0.3 is 18.9 Å². The maximum absolute atomic E-state index is 12.0. The maximum Gasteiger partial charge on any atom is 0.252 e. The van der Waals surface area contributed by atoms with Crippen LogP contribution in [0, 0.1) is 0 Å². The number of aromatic nitrogens is 2. The number of anilines is 6. The number of benzene rings is 14. The smallest absolute Gasteiger partial charge is 0.252 e. The Kier molecular flexibility index (Phi) is 15.4. The summed E-state index contributed by atoms with van der Waals surface area (Å²) in [5.41, 5.74) is 4.76. The fraction of sp³-hybridized carbons (Fsp3) is 0.323. The maximum atomic E-state index is 12.0. The van der Waals surface area contributed by atoms with Crippen molar-refractivity contribution in [3.8, 4) is 67.0 Å². The molecule has 0 atom stereocenters. The average molecular weight is 1710 g/mol. The molecule has 14 aromatic carbocycles. The van der Waals surface area contributed by atoms with Gasteiger partial charge in [0.15, 0.2) is 0 Å². The monoisotopic (exact) mass is 1710 g/mol. The van der Waals surface area contributed by atoms with Gasteiger partial charge in [-0.05, 0) is 250 Å². The molecule has 0 N–H and O–H groups in total. The summed E-state index contributed by atoms with van der Waals surface area (Å²) < 4.78 is 233. The molecule has 2 aromatic heterocycles. The molecule has 0 aliphatic carbocycles. The van der Waals surface area contributed by atoms with Gasteiger partial charge in [0.25, 0.3) is 6.71 Å². The van der Waals surface area contributed by atoms with Crippen LogP contribution in [0.5, 0.6) is 0 Å². The lowest BCUT2D eigenvalue weighted by Crippen LogP contribution is -2.61. The van der Waals surface area contributed by atoms with E-state index in [1.165, 1.54) is 4.57 Å². The highest BCUT2D eigenvalue weighted by atomic mass is 15.2. The van der Waals surface area contributed by atoms with Crippen LogP contribution in [0.1, 0.15) is 294 Å². The summed E-state index contributed by atoms with van der Waals surface area (Å²) in [5, 5.41) is 1.30. The normalized spacial score (nSPS) is 16.2. The van der Waals surface area contributed by atoms with E-state index in [0.29, 0.717) is 44.6 Å². The molecule has 0 spiro atoms. The molecule has 16 aromatic rings. The van der Waals surface area contributed by atoms with Crippen LogP contribution >= 0.6 is 0 Å². The zero-order valence-electron chi connectivity index (χ0n) is 103. The average Bonchev–Trinajstić information content (AvgIpc) is 1.55. The lowest BCUT2D eigenvalue weighted by molar-refractivity contribution is 0.569. The summed E-state index contributed by atoms with van der Waals surface area (Å²) in [6.07, 6.45) is 0. The minimum atomic E-state index is -1.29. The molecule has 0 amide bonds. The molecule has 0 unspecified atom stereocenters. The first kappa shape index (κ1) is 65.0. The van der Waals surface area contributed by atoms with Gasteiger partial charge in [0.05, 0.1) is 69.3 Å². The van der Waals surface area contributed by atoms with Crippen LogP contribution in [0.15, 0.2) is 272 Å². The standard InChI is InChI=1S/C124H135BN4/c1-115(2,3)80-51-48-77(49-52-80)93-69-86(121(19,20)21)72-99(95-66-81(116(4,5)6)53-57-101(95)124(28,29)30)113(93)129-109-73-88(126-106-60-54-82(117(7,8)9)67-96(106)97-68-83(118(10,11)12)55-61-107(97)126)56-59-103(109)125-102-58-50-78(76-40-32-31-33-41-76)64-108(102)128(110-74-89(75-111(129)112(110)125)127-104-46-38-35-43-91(104)92-44-36-39-47-105(92)127)114-94(79-62-84(119(13,14)15)65-85(63-79)120(16,17)18)70-87(122(22,23)24)71-98(114)90-42-34-37-45-100(90)123(25,26)27/h31-75H,1-30H3/i31D,32D,33D,35D,36D,38D,39D,40D,41D,43D,44D,46D,47D,48D,49D,51D,52D,53D,57D,66D,69D,72D. The highest BCUT2D eigenvalue weighted by Gasteiger charge is 2.48. The van der Waals surface area contributed by atoms with Crippen molar-refractivity contribution >= 4 is 101 Å². The van der Waals surface area contributed by atoms with E-state index in [1.54, 1.807) is 32.9 Å². The topological polar surface area (TPSA) is 16.3 Å². The second kappa shape index (κ2) is 30.5. The zero-order valence-corrected chi connectivity index (χ0v) is 81.1. The Bertz CT molecular complexity index is 8380. The molecule has 654 valence electrons. The van der Waals surface area contributed by atoms with Crippen LogP contribution in [-0.4, -0.2) is 15.8 Å². The van der Waals surface area contributed by atoms with E-state index in [9.17, 15) is 28.8 Å². The molecule has 129 heavy (non-hydrogen) atoms. The Morgan fingerprint density at radius 2 is 0.667 bits per heavy atom. The van der Waals surface area contributed by atoms with Gasteiger partial charge >= 0.3 is 0 Å². The Hall–Kier alpha value is -11.7. The Balaban J connectivity index is 1.23. The quantitative estimate of drug-likeness (QED) is 0.134. The molecule has 2 aliphatic rings. The number of rotatable bonds is 9. The molecule has 0 radical (unpaired) electrons. The first-order valence-electron chi connectivity index (χ1n) is 56.6. The Morgan fingerprint density at radius 3 is 1.19 bits per heavy atom. The van der Waals surface area contributed by atoms with Crippen molar-refractivity contribution in [2.45, 2.75) is 262 Å². The minimum absolute atomic E-state index is 0.0253. The van der Waals surface area contributed by atoms with E-state index in [4.69, 9.17) is 1.37 Å². The van der Waals surface area contributed by atoms with E-state index in [2.05, 4.69) is 219 Å². The van der Waals surface area contributed by atoms with Crippen LogP contribution in [0.2, 0.25) is 0 Å². The van der Waals surface area contributed by atoms with E-state index in [-0.39, 0.29) is 141 Å². The summed E-state index contributed by atoms with van der Waals surface area (Å²) >= 11 is 0. The number of para-hydroxylation sites is 2. The molecule has 0 saturated carbocycles. The van der Waals surface area contributed by atoms with Gasteiger partial charge in [-0.25, -0.2) is 0 Å². The van der Waals surface area contributed by atoms with Crippen molar-refractivity contribution in [1.82, 2.24) is 9.13 Å². The molecular formula is C124H135BN4. The summed E-state index contributed by atoms with van der Waals surface area (Å²) in [5.74, 6) is 0. The molecule has 4 heterocycles. The van der Waals surface area contributed by atoms with Gasteiger partial charge in [0.1, 0.15) is 0 Å². The van der Waals surface area contributed by atoms with Gasteiger partial charge in [-0.1, -0.05) is 389 Å². The van der Waals surface area contributed by atoms with Crippen molar-refractivity contribution in [1.29, 1.82) is 0 Å². The molecule has 18 rings (SSSR count). The van der Waals surface area contributed by atoms with Gasteiger partial charge in [0.2, 0.25) is 0 Å². The third kappa shape index (κ3) is 15.6. The van der Waals surface area contributed by atoms with Crippen LogP contribution < -0.4 is 26.2 Å². The molecular weight excluding hydrogens is 1560 g/mol. The van der Waals surface area contributed by atoms with Gasteiger partial charge in [-0.2, -0.15) is 0 Å². The first-order valence-corrected chi connectivity index (χ1v) is 45.6. The third-order valence-corrected chi connectivity index (χ3v) is 26.2. The number of hydrogen-bond donors (Lipinski definition) is 0. The predicted octanol–water partition coefficient (Wildman–Crippen LogP) is 33.3. The molecule has 0 bridgehead atoms. The fourth-order valence-corrected chi connectivity index (χ4v) is 18.8. The van der Waals surface area contributed by atoms with Crippen LogP contribution in [0.25, 0.3) is 111 Å². The Labute approximate surface area is 802 Å². The zero-order chi connectivity index (χ0) is 111. The summed E-state index contributed by atoms with van der Waals surface area (Å²) in [7, 11) is 0. The summed E-state index contributed by atoms with van der Waals surface area (Å²) in [4.78, 5) is 4.03. The van der Waals surface area contributed by atoms with Crippen molar-refractivity contribution in [2.24, 2.45) is 0 Å². The van der Waals surface area contributed by atoms with Crippen molar-refractivity contribution in [3.05, 3.63) is 328 Å². The SMILES string of the molecule is [2H]c1c([2H])c([2H])c(-c2ccc3c(c2)N(c2c(-c4cc(C(C)(C)C)cc(C(C)(C)C)c4)cc(C(C)(C)C)cc2-c2ccccc2C(C)(C)C)c2cc(-n4c5c([2H])c([2H])c([2H])c([2H])c5c5c([2H])c([2H])c([2H])c([2H])c54)cc4c2B3c2ccc(-n3c5ccc(C(C)(C)C)cc5c5cc(C(C)(C)C)ccc53)cc2N4c2c(-c3c([2H])c([2H])c(C(C)(C)C)c([2H])c3[2H])c([2H])c(C(C)(C)C)c([2H])c2-c2c([2H])c(C(C)(C)C)c([2H])c([2H])c2C(C)(C)C)c([2H])c1[2H]. The van der Waals surface area contributed by atoms with Crippen LogP contribution in [0.3, 0.4) is 0 Å². The number of fused-ring (bicyclic) bond motifs is 10. The molecule has 4 nitrogen and oxygen atoms in total. The Morgan fingerprint density at radius 1 is 0.233 bits per heavy atom.